The summed E-state index contributed by atoms with van der Waals surface area (Å²) in [5.41, 5.74) is 0. The van der Waals surface area contributed by atoms with Gasteiger partial charge in [0, 0.05) is 5.88 Å². The molecule has 0 spiro atoms. The molecule has 0 heterocycles. The SMILES string of the molecule is CCCCCCC(CCCC)COC(=O)CCCl. The molecule has 3 heteroatoms. The summed E-state index contributed by atoms with van der Waals surface area (Å²) in [6.07, 6.45) is 10.3. The predicted octanol–water partition coefficient (Wildman–Crippen LogP) is 4.94. The van der Waals surface area contributed by atoms with E-state index < -0.39 is 0 Å². The Balaban J connectivity index is 3.79. The lowest BCUT2D eigenvalue weighted by Crippen LogP contribution is -2.14. The largest absolute Gasteiger partial charge is 0.465 e. The summed E-state index contributed by atoms with van der Waals surface area (Å²) in [6, 6.07) is 0. The molecule has 0 radical (unpaired) electrons. The minimum atomic E-state index is -0.153. The van der Waals surface area contributed by atoms with Gasteiger partial charge in [-0.15, -0.1) is 11.6 Å². The van der Waals surface area contributed by atoms with Gasteiger partial charge in [0.15, 0.2) is 0 Å². The van der Waals surface area contributed by atoms with Crippen molar-refractivity contribution in [1.82, 2.24) is 0 Å². The average Bonchev–Trinajstić information content (AvgIpc) is 2.37. The Morgan fingerprint density at radius 3 is 2.33 bits per heavy atom. The third-order valence-corrected chi connectivity index (χ3v) is 3.40. The van der Waals surface area contributed by atoms with Crippen molar-refractivity contribution in [3.63, 3.8) is 0 Å². The van der Waals surface area contributed by atoms with Crippen LogP contribution in [0.5, 0.6) is 0 Å². The van der Waals surface area contributed by atoms with Gasteiger partial charge in [0.1, 0.15) is 0 Å². The molecule has 2 nitrogen and oxygen atoms in total. The fraction of sp³-hybridized carbons (Fsp3) is 0.933. The molecule has 0 aliphatic rings. The summed E-state index contributed by atoms with van der Waals surface area (Å²) >= 11 is 5.51. The van der Waals surface area contributed by atoms with Crippen LogP contribution in [0.1, 0.15) is 71.6 Å². The lowest BCUT2D eigenvalue weighted by Gasteiger charge is -2.16. The molecule has 0 aromatic heterocycles. The number of halogens is 1. The zero-order valence-corrected chi connectivity index (χ0v) is 12.8. The van der Waals surface area contributed by atoms with Crippen molar-refractivity contribution in [1.29, 1.82) is 0 Å². The van der Waals surface area contributed by atoms with E-state index in [-0.39, 0.29) is 5.97 Å². The Labute approximate surface area is 117 Å². The minimum Gasteiger partial charge on any atom is -0.465 e. The third-order valence-electron chi connectivity index (χ3n) is 3.21. The fourth-order valence-corrected chi connectivity index (χ4v) is 2.18. The maximum Gasteiger partial charge on any atom is 0.307 e. The van der Waals surface area contributed by atoms with Gasteiger partial charge in [-0.05, 0) is 18.8 Å². The van der Waals surface area contributed by atoms with E-state index in [4.69, 9.17) is 16.3 Å². The van der Waals surface area contributed by atoms with Gasteiger partial charge in [0.05, 0.1) is 13.0 Å². The first-order chi connectivity index (χ1) is 8.74. The molecule has 0 N–H and O–H groups in total. The molecule has 0 saturated carbocycles. The first-order valence-corrected chi connectivity index (χ1v) is 7.99. The number of hydrogen-bond acceptors (Lipinski definition) is 2. The number of alkyl halides is 1. The van der Waals surface area contributed by atoms with E-state index in [2.05, 4.69) is 13.8 Å². The van der Waals surface area contributed by atoms with Crippen molar-refractivity contribution in [2.75, 3.05) is 12.5 Å². The highest BCUT2D eigenvalue weighted by Gasteiger charge is 2.11. The van der Waals surface area contributed by atoms with E-state index >= 15 is 0 Å². The van der Waals surface area contributed by atoms with Gasteiger partial charge < -0.3 is 4.74 Å². The first kappa shape index (κ1) is 17.8. The Morgan fingerprint density at radius 1 is 1.06 bits per heavy atom. The summed E-state index contributed by atoms with van der Waals surface area (Å²) in [5.74, 6) is 0.746. The lowest BCUT2D eigenvalue weighted by atomic mass is 9.96. The Hall–Kier alpha value is -0.240. The van der Waals surface area contributed by atoms with E-state index in [1.807, 2.05) is 0 Å². The highest BCUT2D eigenvalue weighted by atomic mass is 35.5. The maximum atomic E-state index is 11.3. The number of ether oxygens (including phenoxy) is 1. The maximum absolute atomic E-state index is 11.3. The van der Waals surface area contributed by atoms with Crippen molar-refractivity contribution in [2.24, 2.45) is 5.92 Å². The minimum absolute atomic E-state index is 0.153. The quantitative estimate of drug-likeness (QED) is 0.287. The van der Waals surface area contributed by atoms with Crippen LogP contribution in [0.15, 0.2) is 0 Å². The van der Waals surface area contributed by atoms with Crippen LogP contribution >= 0.6 is 11.6 Å². The Kier molecular flexibility index (Phi) is 13.0. The zero-order valence-electron chi connectivity index (χ0n) is 12.0. The normalized spacial score (nSPS) is 12.4. The predicted molar refractivity (Wildman–Crippen MR) is 78.1 cm³/mol. The van der Waals surface area contributed by atoms with Crippen molar-refractivity contribution < 1.29 is 9.53 Å². The number of unbranched alkanes of at least 4 members (excludes halogenated alkanes) is 4. The highest BCUT2D eigenvalue weighted by molar-refractivity contribution is 6.18. The number of carbonyl (C=O) groups is 1. The topological polar surface area (TPSA) is 26.3 Å². The van der Waals surface area contributed by atoms with Crippen LogP contribution in [0, 0.1) is 5.92 Å². The Morgan fingerprint density at radius 2 is 1.72 bits per heavy atom. The van der Waals surface area contributed by atoms with Crippen molar-refractivity contribution in [3.05, 3.63) is 0 Å². The van der Waals surface area contributed by atoms with Gasteiger partial charge in [-0.2, -0.15) is 0 Å². The molecule has 1 unspecified atom stereocenters. The fourth-order valence-electron chi connectivity index (χ4n) is 2.02. The van der Waals surface area contributed by atoms with Crippen molar-refractivity contribution in [2.45, 2.75) is 71.6 Å². The molecule has 0 bridgehead atoms. The summed E-state index contributed by atoms with van der Waals surface area (Å²) in [7, 11) is 0. The lowest BCUT2D eigenvalue weighted by molar-refractivity contribution is -0.144. The van der Waals surface area contributed by atoms with Crippen LogP contribution in [0.3, 0.4) is 0 Å². The number of carbonyl (C=O) groups excluding carboxylic acids is 1. The molecule has 0 rings (SSSR count). The van der Waals surface area contributed by atoms with E-state index in [0.717, 1.165) is 0 Å². The molecule has 0 saturated heterocycles. The van der Waals surface area contributed by atoms with Crippen LogP contribution in [0.2, 0.25) is 0 Å². The van der Waals surface area contributed by atoms with E-state index in [9.17, 15) is 4.79 Å². The van der Waals surface area contributed by atoms with Gasteiger partial charge in [0.25, 0.3) is 0 Å². The second-order valence-corrected chi connectivity index (χ2v) is 5.36. The van der Waals surface area contributed by atoms with Crippen molar-refractivity contribution >= 4 is 17.6 Å². The van der Waals surface area contributed by atoms with Crippen LogP contribution in [0.25, 0.3) is 0 Å². The van der Waals surface area contributed by atoms with E-state index in [1.165, 1.54) is 51.4 Å². The molecule has 108 valence electrons. The monoisotopic (exact) mass is 276 g/mol. The van der Waals surface area contributed by atoms with E-state index in [0.29, 0.717) is 24.8 Å². The van der Waals surface area contributed by atoms with Gasteiger partial charge >= 0.3 is 5.97 Å². The number of rotatable bonds is 12. The standard InChI is InChI=1S/C15H29ClO2/c1-3-5-7-8-10-14(9-6-4-2)13-18-15(17)11-12-16/h14H,3-13H2,1-2H3. The molecule has 0 aromatic carbocycles. The molecule has 0 aromatic rings. The molecule has 18 heavy (non-hydrogen) atoms. The molecule has 0 fully saturated rings. The third kappa shape index (κ3) is 10.9. The van der Waals surface area contributed by atoms with Crippen LogP contribution in [-0.2, 0) is 9.53 Å². The first-order valence-electron chi connectivity index (χ1n) is 7.46. The molecule has 1 atom stereocenters. The molecular weight excluding hydrogens is 248 g/mol. The summed E-state index contributed by atoms with van der Waals surface area (Å²) in [5, 5.41) is 0. The van der Waals surface area contributed by atoms with Crippen molar-refractivity contribution in [3.8, 4) is 0 Å². The summed E-state index contributed by atoms with van der Waals surface area (Å²) < 4.78 is 5.28. The second-order valence-electron chi connectivity index (χ2n) is 4.98. The molecule has 0 aliphatic carbocycles. The van der Waals surface area contributed by atoms with Crippen LogP contribution in [0.4, 0.5) is 0 Å². The summed E-state index contributed by atoms with van der Waals surface area (Å²) in [4.78, 5) is 11.3. The number of hydrogen-bond donors (Lipinski definition) is 0. The molecule has 0 amide bonds. The second kappa shape index (κ2) is 13.2. The summed E-state index contributed by atoms with van der Waals surface area (Å²) in [6.45, 7) is 5.01. The van der Waals surface area contributed by atoms with Gasteiger partial charge in [-0.25, -0.2) is 0 Å². The van der Waals surface area contributed by atoms with Crippen LogP contribution in [-0.4, -0.2) is 18.5 Å². The van der Waals surface area contributed by atoms with Gasteiger partial charge in [-0.3, -0.25) is 4.79 Å². The Bertz CT molecular complexity index is 195. The number of esters is 1. The van der Waals surface area contributed by atoms with E-state index in [1.54, 1.807) is 0 Å². The zero-order chi connectivity index (χ0) is 13.6. The highest BCUT2D eigenvalue weighted by Crippen LogP contribution is 2.18. The van der Waals surface area contributed by atoms with Gasteiger partial charge in [-0.1, -0.05) is 52.4 Å². The van der Waals surface area contributed by atoms with Crippen LogP contribution < -0.4 is 0 Å². The smallest absolute Gasteiger partial charge is 0.307 e. The molecular formula is C15H29ClO2. The average molecular weight is 277 g/mol. The van der Waals surface area contributed by atoms with Gasteiger partial charge in [0.2, 0.25) is 0 Å². The molecule has 0 aliphatic heterocycles.